The Hall–Kier alpha value is -0.570. The summed E-state index contributed by atoms with van der Waals surface area (Å²) in [5.74, 6) is -0.191. The summed E-state index contributed by atoms with van der Waals surface area (Å²) in [6.45, 7) is 5.85. The Balaban J connectivity index is 2.88. The van der Waals surface area contributed by atoms with Crippen LogP contribution >= 0.6 is 0 Å². The average Bonchev–Trinajstić information content (AvgIpc) is 2.15. The molecule has 0 radical (unpaired) electrons. The van der Waals surface area contributed by atoms with Crippen LogP contribution in [-0.4, -0.2) is 25.8 Å². The maximum atomic E-state index is 10.4. The van der Waals surface area contributed by atoms with Crippen LogP contribution in [0.4, 0.5) is 0 Å². The van der Waals surface area contributed by atoms with Crippen molar-refractivity contribution in [3.63, 3.8) is 0 Å². The largest absolute Gasteiger partial charge is 0.466 e. The molecular formula is C11H22O3. The van der Waals surface area contributed by atoms with Crippen LogP contribution < -0.4 is 0 Å². The molecule has 0 unspecified atom stereocenters. The fourth-order valence-electron chi connectivity index (χ4n) is 1.05. The van der Waals surface area contributed by atoms with Crippen molar-refractivity contribution >= 4 is 5.97 Å². The molecule has 84 valence electrons. The second kappa shape index (κ2) is 10.5. The molecule has 14 heavy (non-hydrogen) atoms. The molecule has 0 aromatic rings. The zero-order valence-corrected chi connectivity index (χ0v) is 9.38. The normalized spacial score (nSPS) is 10.1. The van der Waals surface area contributed by atoms with E-state index in [2.05, 4.69) is 6.92 Å². The maximum absolute atomic E-state index is 10.4. The maximum Gasteiger partial charge on any atom is 0.302 e. The third kappa shape index (κ3) is 11.4. The number of hydrogen-bond acceptors (Lipinski definition) is 3. The van der Waals surface area contributed by atoms with Crippen molar-refractivity contribution in [2.24, 2.45) is 0 Å². The van der Waals surface area contributed by atoms with Crippen LogP contribution in [0.3, 0.4) is 0 Å². The van der Waals surface area contributed by atoms with Gasteiger partial charge in [-0.3, -0.25) is 4.79 Å². The van der Waals surface area contributed by atoms with E-state index in [1.54, 1.807) is 0 Å². The minimum absolute atomic E-state index is 0.191. The van der Waals surface area contributed by atoms with Crippen molar-refractivity contribution in [2.45, 2.75) is 46.0 Å². The van der Waals surface area contributed by atoms with Gasteiger partial charge in [-0.1, -0.05) is 13.3 Å². The summed E-state index contributed by atoms with van der Waals surface area (Å²) in [5.41, 5.74) is 0. The van der Waals surface area contributed by atoms with Gasteiger partial charge in [0, 0.05) is 20.1 Å². The summed E-state index contributed by atoms with van der Waals surface area (Å²) in [6.07, 6.45) is 5.40. The molecular weight excluding hydrogens is 180 g/mol. The van der Waals surface area contributed by atoms with Gasteiger partial charge in [0.05, 0.1) is 6.61 Å². The predicted octanol–water partition coefficient (Wildman–Crippen LogP) is 2.54. The molecule has 0 aliphatic heterocycles. The summed E-state index contributed by atoms with van der Waals surface area (Å²) < 4.78 is 10.2. The number of hydrogen-bond donors (Lipinski definition) is 0. The highest BCUT2D eigenvalue weighted by Gasteiger charge is 1.93. The second-order valence-electron chi connectivity index (χ2n) is 3.37. The molecule has 0 aliphatic carbocycles. The summed E-state index contributed by atoms with van der Waals surface area (Å²) in [7, 11) is 0. The highest BCUT2D eigenvalue weighted by atomic mass is 16.5. The molecule has 0 spiro atoms. The standard InChI is InChI=1S/C11H22O3/c1-3-4-8-13-9-6-5-7-10-14-11(2)12/h3-10H2,1-2H3. The summed E-state index contributed by atoms with van der Waals surface area (Å²) >= 11 is 0. The molecule has 0 fully saturated rings. The first-order valence-corrected chi connectivity index (χ1v) is 5.48. The lowest BCUT2D eigenvalue weighted by molar-refractivity contribution is -0.141. The lowest BCUT2D eigenvalue weighted by atomic mass is 10.2. The van der Waals surface area contributed by atoms with E-state index in [4.69, 9.17) is 9.47 Å². The second-order valence-corrected chi connectivity index (χ2v) is 3.37. The Morgan fingerprint density at radius 1 is 1.00 bits per heavy atom. The summed E-state index contributed by atoms with van der Waals surface area (Å²) in [6, 6.07) is 0. The Labute approximate surface area is 86.8 Å². The highest BCUT2D eigenvalue weighted by Crippen LogP contribution is 1.97. The van der Waals surface area contributed by atoms with Gasteiger partial charge < -0.3 is 9.47 Å². The molecule has 3 nitrogen and oxygen atoms in total. The number of ether oxygens (including phenoxy) is 2. The molecule has 0 saturated heterocycles. The fraction of sp³-hybridized carbons (Fsp3) is 0.909. The van der Waals surface area contributed by atoms with Gasteiger partial charge >= 0.3 is 5.97 Å². The van der Waals surface area contributed by atoms with Crippen molar-refractivity contribution in [2.75, 3.05) is 19.8 Å². The third-order valence-corrected chi connectivity index (χ3v) is 1.88. The monoisotopic (exact) mass is 202 g/mol. The van der Waals surface area contributed by atoms with Crippen molar-refractivity contribution in [3.05, 3.63) is 0 Å². The number of unbranched alkanes of at least 4 members (excludes halogenated alkanes) is 3. The zero-order chi connectivity index (χ0) is 10.6. The molecule has 0 amide bonds. The Morgan fingerprint density at radius 3 is 2.29 bits per heavy atom. The third-order valence-electron chi connectivity index (χ3n) is 1.88. The predicted molar refractivity (Wildman–Crippen MR) is 56.2 cm³/mol. The van der Waals surface area contributed by atoms with Gasteiger partial charge in [-0.05, 0) is 25.7 Å². The van der Waals surface area contributed by atoms with Crippen LogP contribution in [0.25, 0.3) is 0 Å². The van der Waals surface area contributed by atoms with Crippen LogP contribution in [0.5, 0.6) is 0 Å². The lowest BCUT2D eigenvalue weighted by Gasteiger charge is -2.03. The van der Waals surface area contributed by atoms with Gasteiger partial charge in [0.15, 0.2) is 0 Å². The average molecular weight is 202 g/mol. The Bertz CT molecular complexity index is 134. The van der Waals surface area contributed by atoms with E-state index >= 15 is 0 Å². The highest BCUT2D eigenvalue weighted by molar-refractivity contribution is 5.65. The van der Waals surface area contributed by atoms with Crippen molar-refractivity contribution in [3.8, 4) is 0 Å². The van der Waals surface area contributed by atoms with Crippen LogP contribution in [-0.2, 0) is 14.3 Å². The molecule has 0 heterocycles. The molecule has 3 heteroatoms. The minimum Gasteiger partial charge on any atom is -0.466 e. The van der Waals surface area contributed by atoms with E-state index in [1.807, 2.05) is 0 Å². The zero-order valence-electron chi connectivity index (χ0n) is 9.38. The lowest BCUT2D eigenvalue weighted by Crippen LogP contribution is -2.01. The smallest absolute Gasteiger partial charge is 0.302 e. The first-order chi connectivity index (χ1) is 6.77. The summed E-state index contributed by atoms with van der Waals surface area (Å²) in [4.78, 5) is 10.4. The number of rotatable bonds is 9. The first kappa shape index (κ1) is 13.4. The van der Waals surface area contributed by atoms with Crippen molar-refractivity contribution in [1.82, 2.24) is 0 Å². The van der Waals surface area contributed by atoms with E-state index in [0.717, 1.165) is 38.9 Å². The van der Waals surface area contributed by atoms with Crippen LogP contribution in [0, 0.1) is 0 Å². The Morgan fingerprint density at radius 2 is 1.64 bits per heavy atom. The van der Waals surface area contributed by atoms with Crippen LogP contribution in [0.15, 0.2) is 0 Å². The first-order valence-electron chi connectivity index (χ1n) is 5.48. The van der Waals surface area contributed by atoms with E-state index < -0.39 is 0 Å². The number of carbonyl (C=O) groups excluding carboxylic acids is 1. The Kier molecular flexibility index (Phi) is 10.1. The quantitative estimate of drug-likeness (QED) is 0.426. The molecule has 0 aliphatic rings. The molecule has 0 rings (SSSR count). The molecule has 0 N–H and O–H groups in total. The molecule has 0 aromatic carbocycles. The summed E-state index contributed by atoms with van der Waals surface area (Å²) in [5, 5.41) is 0. The van der Waals surface area contributed by atoms with Crippen LogP contribution in [0.1, 0.15) is 46.0 Å². The number of carbonyl (C=O) groups is 1. The molecule has 0 bridgehead atoms. The minimum atomic E-state index is -0.191. The van der Waals surface area contributed by atoms with E-state index in [9.17, 15) is 4.79 Å². The van der Waals surface area contributed by atoms with Crippen LogP contribution in [0.2, 0.25) is 0 Å². The molecule has 0 saturated carbocycles. The van der Waals surface area contributed by atoms with E-state index in [0.29, 0.717) is 6.61 Å². The van der Waals surface area contributed by atoms with Gasteiger partial charge in [0.1, 0.15) is 0 Å². The van der Waals surface area contributed by atoms with E-state index in [1.165, 1.54) is 13.3 Å². The molecule has 0 atom stereocenters. The van der Waals surface area contributed by atoms with Gasteiger partial charge in [0.2, 0.25) is 0 Å². The van der Waals surface area contributed by atoms with Crippen molar-refractivity contribution < 1.29 is 14.3 Å². The van der Waals surface area contributed by atoms with Crippen molar-refractivity contribution in [1.29, 1.82) is 0 Å². The van der Waals surface area contributed by atoms with Gasteiger partial charge in [-0.15, -0.1) is 0 Å². The fourth-order valence-corrected chi connectivity index (χ4v) is 1.05. The number of esters is 1. The topological polar surface area (TPSA) is 35.5 Å². The SMILES string of the molecule is CCCCOCCCCCOC(C)=O. The van der Waals surface area contributed by atoms with E-state index in [-0.39, 0.29) is 5.97 Å². The van der Waals surface area contributed by atoms with Gasteiger partial charge in [-0.25, -0.2) is 0 Å². The molecule has 0 aromatic heterocycles. The van der Waals surface area contributed by atoms with Gasteiger partial charge in [0.25, 0.3) is 0 Å². The van der Waals surface area contributed by atoms with Gasteiger partial charge in [-0.2, -0.15) is 0 Å².